The fourth-order valence-electron chi connectivity index (χ4n) is 3.11. The predicted octanol–water partition coefficient (Wildman–Crippen LogP) is 0.339. The molecule has 0 amide bonds. The molecule has 0 atom stereocenters. The van der Waals surface area contributed by atoms with Gasteiger partial charge in [-0.1, -0.05) is 0 Å². The van der Waals surface area contributed by atoms with Gasteiger partial charge in [-0.25, -0.2) is 0 Å². The second-order valence-corrected chi connectivity index (χ2v) is 5.28. The van der Waals surface area contributed by atoms with Crippen LogP contribution in [0.1, 0.15) is 32.1 Å². The van der Waals surface area contributed by atoms with Crippen LogP contribution in [0.4, 0.5) is 0 Å². The van der Waals surface area contributed by atoms with Crippen molar-refractivity contribution in [2.24, 2.45) is 0 Å². The van der Waals surface area contributed by atoms with Gasteiger partial charge < -0.3 is 10.4 Å². The Labute approximate surface area is 85.5 Å². The molecule has 0 aromatic heterocycles. The SMILES string of the molecule is OCCCN1C2(CC2)CNCC12CC2. The maximum atomic E-state index is 8.94. The van der Waals surface area contributed by atoms with Crippen molar-refractivity contribution in [2.75, 3.05) is 26.2 Å². The van der Waals surface area contributed by atoms with Gasteiger partial charge in [0.1, 0.15) is 0 Å². The van der Waals surface area contributed by atoms with E-state index in [0.717, 1.165) is 13.0 Å². The van der Waals surface area contributed by atoms with E-state index in [2.05, 4.69) is 10.2 Å². The first kappa shape index (κ1) is 9.13. The van der Waals surface area contributed by atoms with E-state index in [1.807, 2.05) is 0 Å². The van der Waals surface area contributed by atoms with E-state index < -0.39 is 0 Å². The van der Waals surface area contributed by atoms with Crippen LogP contribution < -0.4 is 5.32 Å². The summed E-state index contributed by atoms with van der Waals surface area (Å²) in [6.07, 6.45) is 6.42. The van der Waals surface area contributed by atoms with Crippen LogP contribution >= 0.6 is 0 Å². The molecule has 0 aromatic carbocycles. The van der Waals surface area contributed by atoms with Crippen molar-refractivity contribution in [1.82, 2.24) is 10.2 Å². The maximum absolute atomic E-state index is 8.94. The molecule has 3 nitrogen and oxygen atoms in total. The van der Waals surface area contributed by atoms with Gasteiger partial charge >= 0.3 is 0 Å². The lowest BCUT2D eigenvalue weighted by Gasteiger charge is -2.44. The summed E-state index contributed by atoms with van der Waals surface area (Å²) >= 11 is 0. The third-order valence-corrected chi connectivity index (χ3v) is 4.25. The molecule has 14 heavy (non-hydrogen) atoms. The largest absolute Gasteiger partial charge is 0.396 e. The molecule has 3 heteroatoms. The van der Waals surface area contributed by atoms with Gasteiger partial charge in [-0.15, -0.1) is 0 Å². The standard InChI is InChI=1S/C11H20N2O/c14-7-1-6-13-10(2-3-10)8-12-9-11(13)4-5-11/h12,14H,1-9H2. The molecule has 1 aliphatic heterocycles. The van der Waals surface area contributed by atoms with Crippen LogP contribution in [-0.2, 0) is 0 Å². The van der Waals surface area contributed by atoms with Crippen LogP contribution in [0.3, 0.4) is 0 Å². The molecule has 1 saturated heterocycles. The molecule has 3 aliphatic rings. The van der Waals surface area contributed by atoms with Gasteiger partial charge in [0.2, 0.25) is 0 Å². The van der Waals surface area contributed by atoms with Crippen LogP contribution in [0.5, 0.6) is 0 Å². The Kier molecular flexibility index (Phi) is 1.92. The summed E-state index contributed by atoms with van der Waals surface area (Å²) in [5, 5.41) is 12.5. The van der Waals surface area contributed by atoms with Gasteiger partial charge in [-0.3, -0.25) is 4.90 Å². The summed E-state index contributed by atoms with van der Waals surface area (Å²) in [4.78, 5) is 2.73. The lowest BCUT2D eigenvalue weighted by atomic mass is 10.0. The van der Waals surface area contributed by atoms with E-state index >= 15 is 0 Å². The highest BCUT2D eigenvalue weighted by Crippen LogP contribution is 2.54. The van der Waals surface area contributed by atoms with Crippen molar-refractivity contribution in [1.29, 1.82) is 0 Å². The van der Waals surface area contributed by atoms with E-state index in [0.29, 0.717) is 17.7 Å². The van der Waals surface area contributed by atoms with Crippen LogP contribution in [-0.4, -0.2) is 47.3 Å². The number of piperazine rings is 1. The van der Waals surface area contributed by atoms with Crippen molar-refractivity contribution in [3.63, 3.8) is 0 Å². The normalized spacial score (nSPS) is 32.4. The van der Waals surface area contributed by atoms with E-state index in [9.17, 15) is 0 Å². The molecule has 2 aliphatic carbocycles. The van der Waals surface area contributed by atoms with Crippen LogP contribution in [0.2, 0.25) is 0 Å². The summed E-state index contributed by atoms with van der Waals surface area (Å²) in [7, 11) is 0. The zero-order chi connectivity index (χ0) is 9.65. The second-order valence-electron chi connectivity index (χ2n) is 5.28. The zero-order valence-electron chi connectivity index (χ0n) is 8.76. The number of rotatable bonds is 3. The van der Waals surface area contributed by atoms with Crippen LogP contribution in [0.15, 0.2) is 0 Å². The van der Waals surface area contributed by atoms with E-state index in [1.54, 1.807) is 0 Å². The van der Waals surface area contributed by atoms with Crippen LogP contribution in [0.25, 0.3) is 0 Å². The van der Waals surface area contributed by atoms with Gasteiger partial charge in [0, 0.05) is 37.3 Å². The molecule has 2 spiro atoms. The number of hydrogen-bond donors (Lipinski definition) is 2. The van der Waals surface area contributed by atoms with E-state index in [1.165, 1.54) is 38.8 Å². The van der Waals surface area contributed by atoms with Crippen molar-refractivity contribution in [2.45, 2.75) is 43.2 Å². The Morgan fingerprint density at radius 3 is 2.07 bits per heavy atom. The summed E-state index contributed by atoms with van der Waals surface area (Å²) < 4.78 is 0. The first-order valence-corrected chi connectivity index (χ1v) is 5.91. The van der Waals surface area contributed by atoms with Crippen molar-refractivity contribution in [3.8, 4) is 0 Å². The maximum Gasteiger partial charge on any atom is 0.0443 e. The van der Waals surface area contributed by atoms with Crippen LogP contribution in [0, 0.1) is 0 Å². The first-order chi connectivity index (χ1) is 6.81. The second kappa shape index (κ2) is 2.94. The number of hydrogen-bond acceptors (Lipinski definition) is 3. The van der Waals surface area contributed by atoms with Gasteiger partial charge in [0.25, 0.3) is 0 Å². The monoisotopic (exact) mass is 196 g/mol. The highest BCUT2D eigenvalue weighted by molar-refractivity contribution is 5.19. The Hall–Kier alpha value is -0.120. The fraction of sp³-hybridized carbons (Fsp3) is 1.00. The number of aliphatic hydroxyl groups excluding tert-OH is 1. The van der Waals surface area contributed by atoms with Crippen molar-refractivity contribution in [3.05, 3.63) is 0 Å². The average molecular weight is 196 g/mol. The topological polar surface area (TPSA) is 35.5 Å². The molecule has 0 aromatic rings. The molecular formula is C11H20N2O. The minimum atomic E-state index is 0.343. The summed E-state index contributed by atoms with van der Waals surface area (Å²) in [5.74, 6) is 0. The summed E-state index contributed by atoms with van der Waals surface area (Å²) in [6, 6.07) is 0. The van der Waals surface area contributed by atoms with Crippen molar-refractivity contribution >= 4 is 0 Å². The van der Waals surface area contributed by atoms with Crippen molar-refractivity contribution < 1.29 is 5.11 Å². The third kappa shape index (κ3) is 1.23. The number of aliphatic hydroxyl groups is 1. The van der Waals surface area contributed by atoms with E-state index in [4.69, 9.17) is 5.11 Å². The molecule has 2 saturated carbocycles. The molecular weight excluding hydrogens is 176 g/mol. The molecule has 80 valence electrons. The minimum absolute atomic E-state index is 0.343. The molecule has 0 radical (unpaired) electrons. The lowest BCUT2D eigenvalue weighted by Crippen LogP contribution is -2.60. The fourth-order valence-corrected chi connectivity index (χ4v) is 3.11. The quantitative estimate of drug-likeness (QED) is 0.683. The zero-order valence-corrected chi connectivity index (χ0v) is 8.76. The highest BCUT2D eigenvalue weighted by atomic mass is 16.3. The van der Waals surface area contributed by atoms with E-state index in [-0.39, 0.29) is 0 Å². The Balaban J connectivity index is 1.74. The minimum Gasteiger partial charge on any atom is -0.396 e. The molecule has 3 fully saturated rings. The summed E-state index contributed by atoms with van der Waals surface area (Å²) in [6.45, 7) is 3.81. The summed E-state index contributed by atoms with van der Waals surface area (Å²) in [5.41, 5.74) is 1.01. The van der Waals surface area contributed by atoms with Gasteiger partial charge in [-0.2, -0.15) is 0 Å². The Bertz CT molecular complexity index is 213. The predicted molar refractivity (Wildman–Crippen MR) is 55.2 cm³/mol. The molecule has 2 N–H and O–H groups in total. The van der Waals surface area contributed by atoms with Gasteiger partial charge in [-0.05, 0) is 32.1 Å². The Morgan fingerprint density at radius 2 is 1.64 bits per heavy atom. The third-order valence-electron chi connectivity index (χ3n) is 4.25. The lowest BCUT2D eigenvalue weighted by molar-refractivity contribution is 0.0570. The molecule has 3 rings (SSSR count). The average Bonchev–Trinajstić information content (AvgIpc) is 3.06. The van der Waals surface area contributed by atoms with Gasteiger partial charge in [0.15, 0.2) is 0 Å². The molecule has 0 unspecified atom stereocenters. The number of nitrogens with zero attached hydrogens (tertiary/aromatic N) is 1. The highest BCUT2D eigenvalue weighted by Gasteiger charge is 2.61. The van der Waals surface area contributed by atoms with Gasteiger partial charge in [0.05, 0.1) is 0 Å². The molecule has 1 heterocycles. The Morgan fingerprint density at radius 1 is 1.07 bits per heavy atom. The molecule has 0 bridgehead atoms. The smallest absolute Gasteiger partial charge is 0.0443 e. The number of nitrogens with one attached hydrogen (secondary N) is 1. The first-order valence-electron chi connectivity index (χ1n) is 5.91.